The predicted molar refractivity (Wildman–Crippen MR) is 99.1 cm³/mol. The molecular weight excluding hydrogens is 346 g/mol. The van der Waals surface area contributed by atoms with Crippen LogP contribution in [-0.2, 0) is 4.79 Å². The van der Waals surface area contributed by atoms with Gasteiger partial charge in [-0.05, 0) is 42.8 Å². The van der Waals surface area contributed by atoms with Gasteiger partial charge in [-0.25, -0.2) is 0 Å². The third kappa shape index (κ3) is 3.84. The predicted octanol–water partition coefficient (Wildman–Crippen LogP) is 3.11. The first-order valence-corrected chi connectivity index (χ1v) is 8.83. The van der Waals surface area contributed by atoms with Gasteiger partial charge >= 0.3 is 0 Å². The van der Waals surface area contributed by atoms with E-state index in [0.717, 1.165) is 4.90 Å². The minimum atomic E-state index is -0.786. The number of benzene rings is 2. The van der Waals surface area contributed by atoms with Gasteiger partial charge in [0.05, 0.1) is 19.2 Å². The first kappa shape index (κ1) is 18.6. The van der Waals surface area contributed by atoms with Crippen LogP contribution in [0.15, 0.2) is 48.5 Å². The van der Waals surface area contributed by atoms with Crippen molar-refractivity contribution < 1.29 is 23.9 Å². The van der Waals surface area contributed by atoms with Crippen molar-refractivity contribution >= 4 is 17.6 Å². The molecule has 27 heavy (non-hydrogen) atoms. The number of rotatable bonds is 6. The number of nitrogens with zero attached hydrogens (tertiary/aromatic N) is 1. The number of hydrogen-bond donors (Lipinski definition) is 0. The maximum Gasteiger partial charge on any atom is 0.270 e. The van der Waals surface area contributed by atoms with E-state index in [0.29, 0.717) is 29.9 Å². The van der Waals surface area contributed by atoms with E-state index >= 15 is 0 Å². The zero-order valence-corrected chi connectivity index (χ0v) is 15.3. The summed E-state index contributed by atoms with van der Waals surface area (Å²) in [7, 11) is 1.54. The number of ether oxygens (including phenoxy) is 2. The molecule has 2 amide bonds. The zero-order valence-electron chi connectivity index (χ0n) is 15.3. The number of carbonyl (C=O) groups excluding carboxylic acids is 3. The highest BCUT2D eigenvalue weighted by molar-refractivity contribution is 6.12. The number of hydrogen-bond acceptors (Lipinski definition) is 5. The van der Waals surface area contributed by atoms with Crippen LogP contribution in [0.3, 0.4) is 0 Å². The average molecular weight is 367 g/mol. The van der Waals surface area contributed by atoms with Gasteiger partial charge in [0, 0.05) is 5.56 Å². The summed E-state index contributed by atoms with van der Waals surface area (Å²) in [5.74, 6) is -0.336. The number of methoxy groups -OCH3 is 1. The Balaban J connectivity index is 1.90. The fourth-order valence-corrected chi connectivity index (χ4v) is 2.98. The molecule has 2 aromatic rings. The molecule has 140 valence electrons. The Hall–Kier alpha value is -3.15. The largest absolute Gasteiger partial charge is 0.497 e. The smallest absolute Gasteiger partial charge is 0.270 e. The average Bonchev–Trinajstić information content (AvgIpc) is 2.79. The van der Waals surface area contributed by atoms with Crippen LogP contribution in [0.1, 0.15) is 40.5 Å². The van der Waals surface area contributed by atoms with Crippen molar-refractivity contribution in [1.29, 1.82) is 0 Å². The summed E-state index contributed by atoms with van der Waals surface area (Å²) in [6.45, 7) is 1.60. The molecule has 1 heterocycles. The molecule has 0 N–H and O–H groups in total. The van der Waals surface area contributed by atoms with E-state index in [2.05, 4.69) is 0 Å². The molecule has 1 atom stereocenters. The molecule has 1 aliphatic heterocycles. The van der Waals surface area contributed by atoms with Gasteiger partial charge in [-0.3, -0.25) is 19.3 Å². The Morgan fingerprint density at radius 2 is 1.81 bits per heavy atom. The molecule has 0 aromatic heterocycles. The fraction of sp³-hybridized carbons (Fsp3) is 0.286. The second-order valence-corrected chi connectivity index (χ2v) is 6.27. The molecule has 1 aliphatic rings. The minimum absolute atomic E-state index is 0.284. The minimum Gasteiger partial charge on any atom is -0.497 e. The summed E-state index contributed by atoms with van der Waals surface area (Å²) in [4.78, 5) is 39.5. The van der Waals surface area contributed by atoms with Crippen molar-refractivity contribution in [2.75, 3.05) is 13.7 Å². The molecule has 0 saturated heterocycles. The second-order valence-electron chi connectivity index (χ2n) is 6.27. The molecule has 6 heteroatoms. The van der Waals surface area contributed by atoms with Crippen LogP contribution >= 0.6 is 0 Å². The normalized spacial score (nSPS) is 16.4. The highest BCUT2D eigenvalue weighted by Crippen LogP contribution is 2.27. The number of carbonyl (C=O) groups is 3. The number of imide groups is 1. The van der Waals surface area contributed by atoms with Crippen LogP contribution in [0.25, 0.3) is 0 Å². The van der Waals surface area contributed by atoms with Crippen molar-refractivity contribution in [3.05, 3.63) is 59.7 Å². The molecule has 0 radical (unpaired) electrons. The molecule has 0 fully saturated rings. The zero-order chi connectivity index (χ0) is 19.4. The van der Waals surface area contributed by atoms with Crippen molar-refractivity contribution in [2.45, 2.75) is 25.9 Å². The number of Topliss-reactive ketones (excluding diaryl/α,β-unsaturated/α-hetero) is 1. The van der Waals surface area contributed by atoms with E-state index in [1.165, 1.54) is 7.11 Å². The van der Waals surface area contributed by atoms with Gasteiger partial charge in [-0.2, -0.15) is 0 Å². The van der Waals surface area contributed by atoms with E-state index in [1.807, 2.05) is 6.92 Å². The lowest BCUT2D eigenvalue weighted by Gasteiger charge is -2.21. The summed E-state index contributed by atoms with van der Waals surface area (Å²) >= 11 is 0. The highest BCUT2D eigenvalue weighted by atomic mass is 16.5. The molecule has 0 spiro atoms. The molecule has 2 aromatic carbocycles. The maximum absolute atomic E-state index is 12.9. The van der Waals surface area contributed by atoms with E-state index < -0.39 is 17.9 Å². The number of amides is 2. The van der Waals surface area contributed by atoms with Crippen molar-refractivity contribution in [3.63, 3.8) is 0 Å². The molecule has 0 saturated carbocycles. The summed E-state index contributed by atoms with van der Waals surface area (Å²) in [6, 6.07) is 13.3. The Morgan fingerprint density at radius 3 is 2.48 bits per heavy atom. The molecule has 0 bridgehead atoms. The van der Waals surface area contributed by atoms with E-state index in [-0.39, 0.29) is 17.9 Å². The standard InChI is InChI=1S/C21H21NO5/c1-3-6-19-21(25)22(20(24)16-7-4-5-8-18(16)27-19)13-17(23)14-9-11-15(26-2)12-10-14/h4-5,7-12,19H,3,6,13H2,1-2H3/t19-/m0/s1. The van der Waals surface area contributed by atoms with Crippen LogP contribution in [0, 0.1) is 0 Å². The summed E-state index contributed by atoms with van der Waals surface area (Å²) < 4.78 is 10.9. The molecule has 0 unspecified atom stereocenters. The van der Waals surface area contributed by atoms with Gasteiger partial charge in [-0.15, -0.1) is 0 Å². The molecular formula is C21H21NO5. The lowest BCUT2D eigenvalue weighted by atomic mass is 10.1. The number of para-hydroxylation sites is 1. The third-order valence-corrected chi connectivity index (χ3v) is 4.44. The van der Waals surface area contributed by atoms with Crippen molar-refractivity contribution in [3.8, 4) is 11.5 Å². The topological polar surface area (TPSA) is 72.9 Å². The summed E-state index contributed by atoms with van der Waals surface area (Å²) in [6.07, 6.45) is 0.395. The Kier molecular flexibility index (Phi) is 5.54. The Bertz CT molecular complexity index is 859. The van der Waals surface area contributed by atoms with Gasteiger partial charge in [0.1, 0.15) is 11.5 Å². The third-order valence-electron chi connectivity index (χ3n) is 4.44. The fourth-order valence-electron chi connectivity index (χ4n) is 2.98. The monoisotopic (exact) mass is 367 g/mol. The Labute approximate surface area is 157 Å². The van der Waals surface area contributed by atoms with Gasteiger partial charge < -0.3 is 9.47 Å². The SMILES string of the molecule is CCC[C@@H]1Oc2ccccc2C(=O)N(CC(=O)c2ccc(OC)cc2)C1=O. The number of ketones is 1. The van der Waals surface area contributed by atoms with Crippen LogP contribution in [-0.4, -0.2) is 42.3 Å². The lowest BCUT2D eigenvalue weighted by molar-refractivity contribution is -0.135. The first-order valence-electron chi connectivity index (χ1n) is 8.83. The van der Waals surface area contributed by atoms with Crippen molar-refractivity contribution in [1.82, 2.24) is 4.90 Å². The van der Waals surface area contributed by atoms with Crippen LogP contribution in [0.5, 0.6) is 11.5 Å². The van der Waals surface area contributed by atoms with Crippen molar-refractivity contribution in [2.24, 2.45) is 0 Å². The Morgan fingerprint density at radius 1 is 1.11 bits per heavy atom. The van der Waals surface area contributed by atoms with Gasteiger partial charge in [0.15, 0.2) is 11.9 Å². The molecule has 6 nitrogen and oxygen atoms in total. The first-order chi connectivity index (χ1) is 13.0. The number of fused-ring (bicyclic) bond motifs is 1. The van der Waals surface area contributed by atoms with Gasteiger partial charge in [-0.1, -0.05) is 25.5 Å². The van der Waals surface area contributed by atoms with Crippen LogP contribution < -0.4 is 9.47 Å². The summed E-state index contributed by atoms with van der Waals surface area (Å²) in [5.41, 5.74) is 0.689. The van der Waals surface area contributed by atoms with Gasteiger partial charge in [0.25, 0.3) is 11.8 Å². The maximum atomic E-state index is 12.9. The van der Waals surface area contributed by atoms with Crippen LogP contribution in [0.2, 0.25) is 0 Å². The highest BCUT2D eigenvalue weighted by Gasteiger charge is 2.36. The lowest BCUT2D eigenvalue weighted by Crippen LogP contribution is -2.45. The van der Waals surface area contributed by atoms with E-state index in [1.54, 1.807) is 48.5 Å². The summed E-state index contributed by atoms with van der Waals surface area (Å²) in [5, 5.41) is 0. The van der Waals surface area contributed by atoms with Gasteiger partial charge in [0.2, 0.25) is 0 Å². The molecule has 0 aliphatic carbocycles. The van der Waals surface area contributed by atoms with Crippen LogP contribution in [0.4, 0.5) is 0 Å². The quantitative estimate of drug-likeness (QED) is 0.579. The second kappa shape index (κ2) is 8.03. The van der Waals surface area contributed by atoms with E-state index in [4.69, 9.17) is 9.47 Å². The molecule has 3 rings (SSSR count). The van der Waals surface area contributed by atoms with E-state index in [9.17, 15) is 14.4 Å².